The van der Waals surface area contributed by atoms with Crippen LogP contribution >= 0.6 is 0 Å². The van der Waals surface area contributed by atoms with Gasteiger partial charge in [-0.05, 0) is 55.4 Å². The average molecular weight is 411 g/mol. The molecular formula is C22H26FN5O2. The minimum Gasteiger partial charge on any atom is -0.330 e. The van der Waals surface area contributed by atoms with Crippen LogP contribution in [0.25, 0.3) is 0 Å². The molecule has 0 radical (unpaired) electrons. The van der Waals surface area contributed by atoms with E-state index in [1.807, 2.05) is 15.9 Å². The number of likely N-dealkylation sites (tertiary alicyclic amines) is 3. The first-order valence-corrected chi connectivity index (χ1v) is 10.8. The lowest BCUT2D eigenvalue weighted by Gasteiger charge is -2.38. The highest BCUT2D eigenvalue weighted by Gasteiger charge is 2.53. The van der Waals surface area contributed by atoms with Crippen LogP contribution in [0.4, 0.5) is 4.39 Å². The van der Waals surface area contributed by atoms with Crippen molar-refractivity contribution in [2.45, 2.75) is 62.3 Å². The van der Waals surface area contributed by atoms with Gasteiger partial charge in [-0.3, -0.25) is 14.5 Å². The standard InChI is InChI=1S/C22H26FN5O2/c23-14-4-5-17-13(8-14)3-6-19(17)28-16-9-20(22(28)30)26(11-16)12-18(25)21(29)27-7-1-2-15(27)10-24/h4-5,8,15-16,18-20H,1-3,6-7,9,11-12,25H2/t15?,16-,18?,19?,20?/m0/s1. The maximum atomic E-state index is 13.5. The molecular weight excluding hydrogens is 385 g/mol. The van der Waals surface area contributed by atoms with E-state index in [-0.39, 0.29) is 41.8 Å². The summed E-state index contributed by atoms with van der Waals surface area (Å²) in [5, 5.41) is 9.22. The lowest BCUT2D eigenvalue weighted by atomic mass is 10.1. The van der Waals surface area contributed by atoms with E-state index >= 15 is 0 Å². The van der Waals surface area contributed by atoms with Gasteiger partial charge in [-0.25, -0.2) is 4.39 Å². The zero-order valence-electron chi connectivity index (χ0n) is 16.8. The predicted molar refractivity (Wildman–Crippen MR) is 106 cm³/mol. The van der Waals surface area contributed by atoms with Crippen LogP contribution in [-0.4, -0.2) is 70.3 Å². The van der Waals surface area contributed by atoms with Crippen LogP contribution in [0.15, 0.2) is 18.2 Å². The summed E-state index contributed by atoms with van der Waals surface area (Å²) in [7, 11) is 0. The molecule has 1 aromatic carbocycles. The van der Waals surface area contributed by atoms with Gasteiger partial charge in [0.1, 0.15) is 11.9 Å². The Morgan fingerprint density at radius 2 is 2.17 bits per heavy atom. The van der Waals surface area contributed by atoms with Gasteiger partial charge < -0.3 is 15.5 Å². The Hall–Kier alpha value is -2.50. The summed E-state index contributed by atoms with van der Waals surface area (Å²) in [4.78, 5) is 31.5. The van der Waals surface area contributed by atoms with Crippen molar-refractivity contribution in [1.82, 2.24) is 14.7 Å². The van der Waals surface area contributed by atoms with Gasteiger partial charge in [0.15, 0.2) is 0 Å². The van der Waals surface area contributed by atoms with Crippen molar-refractivity contribution < 1.29 is 14.0 Å². The molecule has 2 amide bonds. The van der Waals surface area contributed by atoms with Crippen LogP contribution in [0, 0.1) is 17.1 Å². The number of nitrogens with zero attached hydrogens (tertiary/aromatic N) is 4. The monoisotopic (exact) mass is 411 g/mol. The van der Waals surface area contributed by atoms with Crippen LogP contribution in [0.5, 0.6) is 0 Å². The molecule has 1 aromatic rings. The van der Waals surface area contributed by atoms with Crippen LogP contribution in [0.3, 0.4) is 0 Å². The minimum atomic E-state index is -0.727. The molecule has 4 unspecified atom stereocenters. The van der Waals surface area contributed by atoms with Gasteiger partial charge >= 0.3 is 0 Å². The molecule has 3 fully saturated rings. The van der Waals surface area contributed by atoms with Gasteiger partial charge in [-0.1, -0.05) is 6.07 Å². The molecule has 8 heteroatoms. The van der Waals surface area contributed by atoms with Crippen molar-refractivity contribution in [3.8, 4) is 6.07 Å². The quantitative estimate of drug-likeness (QED) is 0.796. The number of piperazine rings is 1. The summed E-state index contributed by atoms with van der Waals surface area (Å²) in [5.74, 6) is -0.341. The number of aryl methyl sites for hydroxylation is 1. The van der Waals surface area contributed by atoms with E-state index in [9.17, 15) is 19.2 Å². The van der Waals surface area contributed by atoms with Crippen LogP contribution < -0.4 is 5.73 Å². The van der Waals surface area contributed by atoms with Crippen LogP contribution in [0.2, 0.25) is 0 Å². The SMILES string of the molecule is N#CC1CCCN1C(=O)C(N)CN1C[C@@H]2CC1C(=O)N2C1CCc2cc(F)ccc21. The van der Waals surface area contributed by atoms with E-state index in [0.717, 1.165) is 36.8 Å². The van der Waals surface area contributed by atoms with E-state index in [4.69, 9.17) is 5.73 Å². The van der Waals surface area contributed by atoms with Crippen LogP contribution in [-0.2, 0) is 16.0 Å². The third-order valence-electron chi connectivity index (χ3n) is 7.23. The number of hydrogen-bond acceptors (Lipinski definition) is 5. The number of rotatable bonds is 4. The molecule has 1 aliphatic carbocycles. The summed E-state index contributed by atoms with van der Waals surface area (Å²) in [5.41, 5.74) is 8.26. The molecule has 0 saturated carbocycles. The van der Waals surface area contributed by atoms with Crippen molar-refractivity contribution in [2.24, 2.45) is 5.73 Å². The molecule has 3 saturated heterocycles. The molecule has 5 rings (SSSR count). The van der Waals surface area contributed by atoms with Gasteiger partial charge in [-0.15, -0.1) is 0 Å². The fourth-order valence-corrected chi connectivity index (χ4v) is 5.86. The highest BCUT2D eigenvalue weighted by Crippen LogP contribution is 2.43. The molecule has 2 bridgehead atoms. The first-order valence-electron chi connectivity index (χ1n) is 10.8. The first-order chi connectivity index (χ1) is 14.5. The van der Waals surface area contributed by atoms with Gasteiger partial charge in [0.05, 0.1) is 24.2 Å². The summed E-state index contributed by atoms with van der Waals surface area (Å²) in [6.45, 7) is 1.61. The fourth-order valence-electron chi connectivity index (χ4n) is 5.86. The summed E-state index contributed by atoms with van der Waals surface area (Å²) in [6, 6.07) is 5.80. The molecule has 7 nitrogen and oxygen atoms in total. The van der Waals surface area contributed by atoms with E-state index in [1.165, 1.54) is 6.07 Å². The van der Waals surface area contributed by atoms with E-state index < -0.39 is 6.04 Å². The fraction of sp³-hybridized carbons (Fsp3) is 0.591. The number of carbonyl (C=O) groups is 2. The normalized spacial score (nSPS) is 31.3. The molecule has 3 heterocycles. The first kappa shape index (κ1) is 19.5. The predicted octanol–water partition coefficient (Wildman–Crippen LogP) is 0.940. The largest absolute Gasteiger partial charge is 0.330 e. The topological polar surface area (TPSA) is 93.7 Å². The van der Waals surface area contributed by atoms with E-state index in [2.05, 4.69) is 6.07 Å². The molecule has 30 heavy (non-hydrogen) atoms. The second-order valence-corrected chi connectivity index (χ2v) is 8.93. The molecule has 2 N–H and O–H groups in total. The number of fused-ring (bicyclic) bond motifs is 3. The minimum absolute atomic E-state index is 0.0153. The van der Waals surface area contributed by atoms with Crippen molar-refractivity contribution in [3.63, 3.8) is 0 Å². The molecule has 158 valence electrons. The number of amides is 2. The summed E-state index contributed by atoms with van der Waals surface area (Å²) in [6.07, 6.45) is 3.89. The smallest absolute Gasteiger partial charge is 0.241 e. The lowest BCUT2D eigenvalue weighted by molar-refractivity contribution is -0.141. The third-order valence-corrected chi connectivity index (χ3v) is 7.23. The number of carbonyl (C=O) groups excluding carboxylic acids is 2. The average Bonchev–Trinajstić information content (AvgIpc) is 3.49. The van der Waals surface area contributed by atoms with Gasteiger partial charge in [0, 0.05) is 25.7 Å². The third kappa shape index (κ3) is 2.99. The molecule has 5 atom stereocenters. The van der Waals surface area contributed by atoms with Gasteiger partial charge in [-0.2, -0.15) is 5.26 Å². The second-order valence-electron chi connectivity index (χ2n) is 8.93. The number of nitrogens with two attached hydrogens (primary N) is 1. The summed E-state index contributed by atoms with van der Waals surface area (Å²) >= 11 is 0. The van der Waals surface area contributed by atoms with Crippen molar-refractivity contribution in [2.75, 3.05) is 19.6 Å². The Balaban J connectivity index is 1.25. The van der Waals surface area contributed by atoms with Crippen molar-refractivity contribution in [1.29, 1.82) is 5.26 Å². The summed E-state index contributed by atoms with van der Waals surface area (Å²) < 4.78 is 13.5. The maximum Gasteiger partial charge on any atom is 0.241 e. The molecule has 0 spiro atoms. The molecule has 3 aliphatic heterocycles. The molecule has 4 aliphatic rings. The number of halogens is 1. The zero-order valence-corrected chi connectivity index (χ0v) is 16.8. The van der Waals surface area contributed by atoms with Crippen molar-refractivity contribution in [3.05, 3.63) is 35.1 Å². The Bertz CT molecular complexity index is 931. The highest BCUT2D eigenvalue weighted by atomic mass is 19.1. The van der Waals surface area contributed by atoms with Crippen LogP contribution in [0.1, 0.15) is 42.9 Å². The van der Waals surface area contributed by atoms with E-state index in [0.29, 0.717) is 26.1 Å². The number of nitriles is 1. The Morgan fingerprint density at radius 1 is 1.33 bits per heavy atom. The maximum absolute atomic E-state index is 13.5. The van der Waals surface area contributed by atoms with Gasteiger partial charge in [0.25, 0.3) is 0 Å². The zero-order chi connectivity index (χ0) is 21.0. The Kier molecular flexibility index (Phi) is 4.75. The molecule has 0 aromatic heterocycles. The Morgan fingerprint density at radius 3 is 2.93 bits per heavy atom. The number of benzene rings is 1. The highest BCUT2D eigenvalue weighted by molar-refractivity contribution is 5.87. The van der Waals surface area contributed by atoms with Gasteiger partial charge in [0.2, 0.25) is 11.8 Å². The van der Waals surface area contributed by atoms with Crippen molar-refractivity contribution >= 4 is 11.8 Å². The van der Waals surface area contributed by atoms with E-state index in [1.54, 1.807) is 11.0 Å². The second kappa shape index (κ2) is 7.33. The number of hydrogen-bond donors (Lipinski definition) is 1. The Labute approximate surface area is 175 Å². The lowest BCUT2D eigenvalue weighted by Crippen LogP contribution is -2.56.